The number of carbonyl (C=O) groups excluding carboxylic acids is 1. The van der Waals surface area contributed by atoms with Crippen molar-refractivity contribution < 1.29 is 18.3 Å². The molecule has 4 N–H and O–H groups in total. The minimum Gasteiger partial charge on any atom is -0.434 e. The number of nitrogens with one attached hydrogen (secondary N) is 2. The molecule has 0 atom stereocenters. The van der Waals surface area contributed by atoms with Gasteiger partial charge in [0.25, 0.3) is 0 Å². The maximum atomic E-state index is 12.2. The molecule has 0 spiro atoms. The molecule has 2 amide bonds. The predicted molar refractivity (Wildman–Crippen MR) is 67.4 cm³/mol. The number of carbonyl (C=O) groups is 1. The normalized spacial score (nSPS) is 10.5. The highest BCUT2D eigenvalue weighted by Gasteiger charge is 2.09. The number of rotatable bonds is 7. The molecule has 8 heteroatoms. The van der Waals surface area contributed by atoms with Gasteiger partial charge in [-0.3, -0.25) is 0 Å². The highest BCUT2D eigenvalue weighted by atomic mass is 35.5. The Balaban J connectivity index is 2.51. The minimum absolute atomic E-state index is 0.0646. The van der Waals surface area contributed by atoms with E-state index in [0.717, 1.165) is 0 Å². The summed E-state index contributed by atoms with van der Waals surface area (Å²) in [7, 11) is 0. The zero-order valence-corrected chi connectivity index (χ0v) is 10.7. The molecule has 0 aliphatic heterocycles. The number of alkyl halides is 2. The van der Waals surface area contributed by atoms with Gasteiger partial charge in [-0.05, 0) is 18.2 Å². The molecule has 1 aromatic carbocycles. The molecule has 0 unspecified atom stereocenters. The largest absolute Gasteiger partial charge is 0.434 e. The first kappa shape index (κ1) is 15.5. The fourth-order valence-electron chi connectivity index (χ4n) is 1.39. The Morgan fingerprint density at radius 2 is 2.16 bits per heavy atom. The lowest BCUT2D eigenvalue weighted by molar-refractivity contribution is -0.0504. The van der Waals surface area contributed by atoms with Crippen LogP contribution in [0.3, 0.4) is 0 Å². The van der Waals surface area contributed by atoms with Crippen molar-refractivity contribution >= 4 is 17.6 Å². The summed E-state index contributed by atoms with van der Waals surface area (Å²) in [6, 6.07) is 3.77. The quantitative estimate of drug-likeness (QED) is 0.670. The van der Waals surface area contributed by atoms with Crippen molar-refractivity contribution in [2.45, 2.75) is 13.2 Å². The van der Waals surface area contributed by atoms with Crippen LogP contribution in [0.5, 0.6) is 5.75 Å². The number of benzene rings is 1. The van der Waals surface area contributed by atoms with Gasteiger partial charge in [0.05, 0.1) is 0 Å². The molecule has 0 saturated carbocycles. The molecule has 5 nitrogen and oxygen atoms in total. The summed E-state index contributed by atoms with van der Waals surface area (Å²) in [5, 5.41) is 5.76. The van der Waals surface area contributed by atoms with E-state index in [2.05, 4.69) is 15.4 Å². The Bertz CT molecular complexity index is 432. The molecule has 1 aromatic rings. The van der Waals surface area contributed by atoms with Crippen molar-refractivity contribution in [2.24, 2.45) is 5.73 Å². The van der Waals surface area contributed by atoms with E-state index in [1.807, 2.05) is 0 Å². The minimum atomic E-state index is -2.89. The number of urea groups is 1. The molecule has 0 radical (unpaired) electrons. The van der Waals surface area contributed by atoms with Crippen LogP contribution in [0, 0.1) is 0 Å². The predicted octanol–water partition coefficient (Wildman–Crippen LogP) is 1.70. The van der Waals surface area contributed by atoms with E-state index >= 15 is 0 Å². The second-order valence-corrected chi connectivity index (χ2v) is 4.03. The smallest absolute Gasteiger partial charge is 0.387 e. The first-order valence-corrected chi connectivity index (χ1v) is 5.84. The van der Waals surface area contributed by atoms with Crippen LogP contribution < -0.4 is 21.1 Å². The molecule has 1 rings (SSSR count). The molecule has 19 heavy (non-hydrogen) atoms. The summed E-state index contributed by atoms with van der Waals surface area (Å²) in [4.78, 5) is 10.4. The number of halogens is 3. The summed E-state index contributed by atoms with van der Waals surface area (Å²) < 4.78 is 28.8. The lowest BCUT2D eigenvalue weighted by Crippen LogP contribution is -2.35. The number of hydrogen-bond donors (Lipinski definition) is 3. The number of nitrogens with two attached hydrogens (primary N) is 1. The fourth-order valence-corrected chi connectivity index (χ4v) is 1.59. The average Bonchev–Trinajstić information content (AvgIpc) is 2.31. The SMILES string of the molecule is NC(=O)NCCNCc1cc(Cl)ccc1OC(F)F. The molecule has 0 aliphatic carbocycles. The van der Waals surface area contributed by atoms with E-state index in [-0.39, 0.29) is 12.3 Å². The lowest BCUT2D eigenvalue weighted by atomic mass is 10.2. The van der Waals surface area contributed by atoms with Gasteiger partial charge in [0.2, 0.25) is 0 Å². The van der Waals surface area contributed by atoms with Gasteiger partial charge in [-0.2, -0.15) is 8.78 Å². The Morgan fingerprint density at radius 1 is 1.42 bits per heavy atom. The van der Waals surface area contributed by atoms with Crippen LogP contribution in [-0.2, 0) is 6.54 Å². The molecule has 0 heterocycles. The molecule has 0 bridgehead atoms. The van der Waals surface area contributed by atoms with E-state index in [9.17, 15) is 13.6 Å². The number of hydrogen-bond acceptors (Lipinski definition) is 3. The van der Waals surface area contributed by atoms with Crippen LogP contribution >= 0.6 is 11.6 Å². The van der Waals surface area contributed by atoms with Crippen molar-refractivity contribution in [1.29, 1.82) is 0 Å². The maximum absolute atomic E-state index is 12.2. The van der Waals surface area contributed by atoms with Crippen molar-refractivity contribution in [2.75, 3.05) is 13.1 Å². The fraction of sp³-hybridized carbons (Fsp3) is 0.364. The van der Waals surface area contributed by atoms with E-state index in [1.54, 1.807) is 0 Å². The zero-order chi connectivity index (χ0) is 14.3. The number of ether oxygens (including phenoxy) is 1. The van der Waals surface area contributed by atoms with Crippen molar-refractivity contribution in [3.05, 3.63) is 28.8 Å². The lowest BCUT2D eigenvalue weighted by Gasteiger charge is -2.12. The third kappa shape index (κ3) is 6.21. The van der Waals surface area contributed by atoms with Gasteiger partial charge in [0, 0.05) is 30.2 Å². The summed E-state index contributed by atoms with van der Waals surface area (Å²) in [6.45, 7) is -1.84. The first-order chi connectivity index (χ1) is 8.99. The topological polar surface area (TPSA) is 76.4 Å². The van der Waals surface area contributed by atoms with Gasteiger partial charge in [0.1, 0.15) is 5.75 Å². The Morgan fingerprint density at radius 3 is 2.79 bits per heavy atom. The summed E-state index contributed by atoms with van der Waals surface area (Å²) in [6.07, 6.45) is 0. The number of amides is 2. The van der Waals surface area contributed by atoms with Crippen molar-refractivity contribution in [3.8, 4) is 5.75 Å². The van der Waals surface area contributed by atoms with Gasteiger partial charge in [-0.15, -0.1) is 0 Å². The summed E-state index contributed by atoms with van der Waals surface area (Å²) >= 11 is 5.79. The van der Waals surface area contributed by atoms with Crippen molar-refractivity contribution in [3.63, 3.8) is 0 Å². The van der Waals surface area contributed by atoms with Crippen molar-refractivity contribution in [1.82, 2.24) is 10.6 Å². The van der Waals surface area contributed by atoms with Gasteiger partial charge in [-0.25, -0.2) is 4.79 Å². The van der Waals surface area contributed by atoms with E-state index in [0.29, 0.717) is 23.7 Å². The Labute approximate surface area is 114 Å². The van der Waals surface area contributed by atoms with Crippen LogP contribution in [0.2, 0.25) is 5.02 Å². The molecular formula is C11H14ClF2N3O2. The third-order valence-corrected chi connectivity index (χ3v) is 2.39. The average molecular weight is 294 g/mol. The summed E-state index contributed by atoms with van der Waals surface area (Å²) in [5.74, 6) is 0.0646. The van der Waals surface area contributed by atoms with Crippen LogP contribution in [0.1, 0.15) is 5.56 Å². The molecule has 106 valence electrons. The summed E-state index contributed by atoms with van der Waals surface area (Å²) in [5.41, 5.74) is 5.39. The van der Waals surface area contributed by atoms with Gasteiger partial charge in [-0.1, -0.05) is 11.6 Å². The van der Waals surface area contributed by atoms with Gasteiger partial charge < -0.3 is 21.1 Å². The third-order valence-electron chi connectivity index (χ3n) is 2.16. The number of primary amides is 1. The highest BCUT2D eigenvalue weighted by Crippen LogP contribution is 2.24. The second-order valence-electron chi connectivity index (χ2n) is 3.60. The maximum Gasteiger partial charge on any atom is 0.387 e. The Hall–Kier alpha value is -1.60. The van der Waals surface area contributed by atoms with Crippen LogP contribution in [0.15, 0.2) is 18.2 Å². The molecule has 0 aromatic heterocycles. The molecule has 0 fully saturated rings. The second kappa shape index (κ2) is 7.75. The zero-order valence-electron chi connectivity index (χ0n) is 9.96. The molecule has 0 aliphatic rings. The standard InChI is InChI=1S/C11H14ClF2N3O2/c12-8-1-2-9(19-10(13)14)7(5-8)6-16-3-4-17-11(15)18/h1-2,5,10,16H,3-4,6H2,(H3,15,17,18). The molecular weight excluding hydrogens is 280 g/mol. The van der Waals surface area contributed by atoms with Gasteiger partial charge >= 0.3 is 12.6 Å². The van der Waals surface area contributed by atoms with E-state index in [1.165, 1.54) is 18.2 Å². The van der Waals surface area contributed by atoms with Crippen LogP contribution in [0.4, 0.5) is 13.6 Å². The molecule has 0 saturated heterocycles. The highest BCUT2D eigenvalue weighted by molar-refractivity contribution is 6.30. The first-order valence-electron chi connectivity index (χ1n) is 5.46. The van der Waals surface area contributed by atoms with E-state index in [4.69, 9.17) is 17.3 Å². The Kier molecular flexibility index (Phi) is 6.31. The van der Waals surface area contributed by atoms with Gasteiger partial charge in [0.15, 0.2) is 0 Å². The van der Waals surface area contributed by atoms with Crippen LogP contribution in [0.25, 0.3) is 0 Å². The monoisotopic (exact) mass is 293 g/mol. The van der Waals surface area contributed by atoms with Crippen LogP contribution in [-0.4, -0.2) is 25.7 Å². The van der Waals surface area contributed by atoms with E-state index < -0.39 is 12.6 Å².